The van der Waals surface area contributed by atoms with Gasteiger partial charge in [-0.2, -0.15) is 0 Å². The van der Waals surface area contributed by atoms with E-state index in [1.54, 1.807) is 0 Å². The number of hydrogen-bond acceptors (Lipinski definition) is 2. The van der Waals surface area contributed by atoms with Gasteiger partial charge < -0.3 is 10.6 Å². The zero-order chi connectivity index (χ0) is 14.8. The van der Waals surface area contributed by atoms with E-state index in [9.17, 15) is 0 Å². The molecule has 0 atom stereocenters. The van der Waals surface area contributed by atoms with Crippen molar-refractivity contribution in [2.45, 2.75) is 46.0 Å². The molecule has 0 spiro atoms. The van der Waals surface area contributed by atoms with Gasteiger partial charge in [-0.05, 0) is 56.8 Å². The Labute approximate surface area is 124 Å². The highest BCUT2D eigenvalue weighted by Gasteiger charge is 2.36. The lowest BCUT2D eigenvalue weighted by molar-refractivity contribution is 0.148. The van der Waals surface area contributed by atoms with Crippen LogP contribution in [-0.4, -0.2) is 31.1 Å². The molecule has 1 saturated heterocycles. The maximum atomic E-state index is 6.22. The Morgan fingerprint density at radius 2 is 1.85 bits per heavy atom. The lowest BCUT2D eigenvalue weighted by atomic mass is 9.71. The molecular formula is C18H30N2. The smallest absolute Gasteiger partial charge is 0.0102 e. The van der Waals surface area contributed by atoms with Crippen LogP contribution in [0.15, 0.2) is 18.2 Å². The Morgan fingerprint density at radius 1 is 1.20 bits per heavy atom. The van der Waals surface area contributed by atoms with E-state index in [0.717, 1.165) is 12.5 Å². The Balaban J connectivity index is 2.18. The van der Waals surface area contributed by atoms with Crippen molar-refractivity contribution in [3.05, 3.63) is 34.9 Å². The summed E-state index contributed by atoms with van der Waals surface area (Å²) in [6.07, 6.45) is 2.39. The first-order chi connectivity index (χ1) is 9.47. The van der Waals surface area contributed by atoms with E-state index in [1.807, 2.05) is 0 Å². The molecule has 1 heterocycles. The molecule has 1 aromatic carbocycles. The van der Waals surface area contributed by atoms with Crippen molar-refractivity contribution >= 4 is 0 Å². The number of piperidine rings is 1. The number of nitrogens with two attached hydrogens (primary N) is 1. The van der Waals surface area contributed by atoms with Crippen LogP contribution in [0.5, 0.6) is 0 Å². The Bertz CT molecular complexity index is 443. The molecule has 1 aliphatic rings. The van der Waals surface area contributed by atoms with Gasteiger partial charge >= 0.3 is 0 Å². The van der Waals surface area contributed by atoms with E-state index in [4.69, 9.17) is 5.73 Å². The average molecular weight is 274 g/mol. The van der Waals surface area contributed by atoms with Crippen LogP contribution < -0.4 is 5.73 Å². The maximum absolute atomic E-state index is 6.22. The summed E-state index contributed by atoms with van der Waals surface area (Å²) >= 11 is 0. The van der Waals surface area contributed by atoms with E-state index < -0.39 is 0 Å². The van der Waals surface area contributed by atoms with Crippen LogP contribution in [0.3, 0.4) is 0 Å². The first-order valence-corrected chi connectivity index (χ1v) is 7.97. The fourth-order valence-corrected chi connectivity index (χ4v) is 3.57. The Morgan fingerprint density at radius 3 is 2.40 bits per heavy atom. The second-order valence-corrected chi connectivity index (χ2v) is 7.00. The van der Waals surface area contributed by atoms with Gasteiger partial charge in [0.25, 0.3) is 0 Å². The third-order valence-corrected chi connectivity index (χ3v) is 4.79. The summed E-state index contributed by atoms with van der Waals surface area (Å²) in [5, 5.41) is 0. The van der Waals surface area contributed by atoms with E-state index in [-0.39, 0.29) is 5.41 Å². The molecule has 0 aromatic heterocycles. The number of hydrogen-bond donors (Lipinski definition) is 1. The van der Waals surface area contributed by atoms with Gasteiger partial charge in [-0.1, -0.05) is 37.6 Å². The van der Waals surface area contributed by atoms with Gasteiger partial charge in [0.15, 0.2) is 0 Å². The Kier molecular flexibility index (Phi) is 4.87. The summed E-state index contributed by atoms with van der Waals surface area (Å²) in [7, 11) is 0. The molecule has 0 amide bonds. The highest BCUT2D eigenvalue weighted by Crippen LogP contribution is 2.37. The molecule has 20 heavy (non-hydrogen) atoms. The van der Waals surface area contributed by atoms with E-state index in [2.05, 4.69) is 50.8 Å². The van der Waals surface area contributed by atoms with Crippen LogP contribution >= 0.6 is 0 Å². The highest BCUT2D eigenvalue weighted by atomic mass is 15.1. The zero-order valence-electron chi connectivity index (χ0n) is 13.6. The van der Waals surface area contributed by atoms with Crippen LogP contribution in [0.1, 0.15) is 43.4 Å². The van der Waals surface area contributed by atoms with E-state index in [1.165, 1.54) is 49.2 Å². The minimum Gasteiger partial charge on any atom is -0.330 e. The molecule has 1 fully saturated rings. The summed E-state index contributed by atoms with van der Waals surface area (Å²) in [4.78, 5) is 2.60. The summed E-state index contributed by atoms with van der Waals surface area (Å²) in [6.45, 7) is 13.4. The number of rotatable bonds is 4. The molecule has 2 heteroatoms. The van der Waals surface area contributed by atoms with Gasteiger partial charge in [0.05, 0.1) is 0 Å². The molecule has 112 valence electrons. The molecule has 0 radical (unpaired) electrons. The Hall–Kier alpha value is -0.860. The van der Waals surface area contributed by atoms with Crippen molar-refractivity contribution in [1.29, 1.82) is 0 Å². The molecule has 1 aromatic rings. The molecule has 2 nitrogen and oxygen atoms in total. The quantitative estimate of drug-likeness (QED) is 0.913. The lowest BCUT2D eigenvalue weighted by Gasteiger charge is -2.43. The van der Waals surface area contributed by atoms with Gasteiger partial charge in [0.2, 0.25) is 0 Å². The first kappa shape index (κ1) is 15.5. The normalized spacial score (nSPS) is 19.5. The predicted molar refractivity (Wildman–Crippen MR) is 87.2 cm³/mol. The van der Waals surface area contributed by atoms with Crippen molar-refractivity contribution in [2.24, 2.45) is 11.7 Å². The lowest BCUT2D eigenvalue weighted by Crippen LogP contribution is -2.47. The largest absolute Gasteiger partial charge is 0.330 e. The van der Waals surface area contributed by atoms with Crippen LogP contribution in [-0.2, 0) is 5.41 Å². The van der Waals surface area contributed by atoms with Crippen molar-refractivity contribution in [3.63, 3.8) is 0 Å². The minimum atomic E-state index is 0.198. The molecule has 0 saturated carbocycles. The van der Waals surface area contributed by atoms with Gasteiger partial charge in [-0.25, -0.2) is 0 Å². The molecule has 2 N–H and O–H groups in total. The number of nitrogens with zero attached hydrogens (tertiary/aromatic N) is 1. The molecule has 1 aliphatic heterocycles. The molecule has 0 bridgehead atoms. The van der Waals surface area contributed by atoms with Gasteiger partial charge in [0, 0.05) is 18.5 Å². The second-order valence-electron chi connectivity index (χ2n) is 7.00. The van der Waals surface area contributed by atoms with Crippen molar-refractivity contribution in [1.82, 2.24) is 4.90 Å². The van der Waals surface area contributed by atoms with Crippen LogP contribution in [0.2, 0.25) is 0 Å². The standard InChI is InChI=1S/C18H30N2/c1-14(2)12-20-9-7-18(13-19,8-10-20)17-11-15(3)5-6-16(17)4/h5-6,11,14H,7-10,12-13,19H2,1-4H3. The van der Waals surface area contributed by atoms with Crippen molar-refractivity contribution in [3.8, 4) is 0 Å². The predicted octanol–water partition coefficient (Wildman–Crippen LogP) is 3.25. The highest BCUT2D eigenvalue weighted by molar-refractivity contribution is 5.37. The van der Waals surface area contributed by atoms with Crippen LogP contribution in [0, 0.1) is 19.8 Å². The SMILES string of the molecule is Cc1ccc(C)c(C2(CN)CCN(CC(C)C)CC2)c1. The average Bonchev–Trinajstić information content (AvgIpc) is 2.42. The monoisotopic (exact) mass is 274 g/mol. The molecule has 0 aliphatic carbocycles. The third kappa shape index (κ3) is 3.24. The van der Waals surface area contributed by atoms with Gasteiger partial charge in [-0.15, -0.1) is 0 Å². The topological polar surface area (TPSA) is 29.3 Å². The maximum Gasteiger partial charge on any atom is 0.0102 e. The number of likely N-dealkylation sites (tertiary alicyclic amines) is 1. The third-order valence-electron chi connectivity index (χ3n) is 4.79. The zero-order valence-corrected chi connectivity index (χ0v) is 13.6. The fourth-order valence-electron chi connectivity index (χ4n) is 3.57. The molecule has 2 rings (SSSR count). The summed E-state index contributed by atoms with van der Waals surface area (Å²) < 4.78 is 0. The second kappa shape index (κ2) is 6.28. The minimum absolute atomic E-state index is 0.198. The summed E-state index contributed by atoms with van der Waals surface area (Å²) in [5.41, 5.74) is 10.7. The summed E-state index contributed by atoms with van der Waals surface area (Å²) in [5.74, 6) is 0.751. The van der Waals surface area contributed by atoms with Crippen LogP contribution in [0.4, 0.5) is 0 Å². The van der Waals surface area contributed by atoms with Gasteiger partial charge in [-0.3, -0.25) is 0 Å². The van der Waals surface area contributed by atoms with Crippen molar-refractivity contribution in [2.75, 3.05) is 26.2 Å². The number of aryl methyl sites for hydroxylation is 2. The first-order valence-electron chi connectivity index (χ1n) is 7.97. The molecular weight excluding hydrogens is 244 g/mol. The fraction of sp³-hybridized carbons (Fsp3) is 0.667. The van der Waals surface area contributed by atoms with E-state index >= 15 is 0 Å². The van der Waals surface area contributed by atoms with E-state index in [0.29, 0.717) is 0 Å². The summed E-state index contributed by atoms with van der Waals surface area (Å²) in [6, 6.07) is 6.82. The van der Waals surface area contributed by atoms with Crippen molar-refractivity contribution < 1.29 is 0 Å². The number of benzene rings is 1. The van der Waals surface area contributed by atoms with Crippen LogP contribution in [0.25, 0.3) is 0 Å². The molecule has 0 unspecified atom stereocenters. The van der Waals surface area contributed by atoms with Gasteiger partial charge in [0.1, 0.15) is 0 Å².